The second-order valence-electron chi connectivity index (χ2n) is 4.72. The number of anilines is 2. The molecule has 4 heteroatoms. The summed E-state index contributed by atoms with van der Waals surface area (Å²) >= 11 is 3.56. The lowest BCUT2D eigenvalue weighted by atomic mass is 10.1. The Morgan fingerprint density at radius 1 is 1.15 bits per heavy atom. The van der Waals surface area contributed by atoms with E-state index < -0.39 is 0 Å². The van der Waals surface area contributed by atoms with Gasteiger partial charge in [-0.3, -0.25) is 0 Å². The van der Waals surface area contributed by atoms with Gasteiger partial charge in [-0.05, 0) is 55.8 Å². The molecule has 2 aromatic rings. The highest BCUT2D eigenvalue weighted by atomic mass is 79.9. The van der Waals surface area contributed by atoms with Crippen LogP contribution in [0.5, 0.6) is 0 Å². The molecule has 2 N–H and O–H groups in total. The summed E-state index contributed by atoms with van der Waals surface area (Å²) in [4.78, 5) is 2.12. The zero-order valence-electron chi connectivity index (χ0n) is 11.6. The van der Waals surface area contributed by atoms with Crippen molar-refractivity contribution in [2.45, 2.75) is 19.9 Å². The van der Waals surface area contributed by atoms with Gasteiger partial charge in [0.05, 0.1) is 0 Å². The van der Waals surface area contributed by atoms with Crippen LogP contribution in [0.3, 0.4) is 0 Å². The maximum absolute atomic E-state index is 13.0. The van der Waals surface area contributed by atoms with Gasteiger partial charge in [0, 0.05) is 28.4 Å². The molecule has 106 valence electrons. The minimum absolute atomic E-state index is 0.0145. The van der Waals surface area contributed by atoms with Crippen LogP contribution in [0.2, 0.25) is 0 Å². The van der Waals surface area contributed by atoms with Crippen LogP contribution in [0.4, 0.5) is 15.8 Å². The van der Waals surface area contributed by atoms with E-state index in [0.29, 0.717) is 0 Å². The Morgan fingerprint density at radius 2 is 1.75 bits per heavy atom. The van der Waals surface area contributed by atoms with Crippen LogP contribution < -0.4 is 10.6 Å². The van der Waals surface area contributed by atoms with Crippen LogP contribution in [0.25, 0.3) is 0 Å². The Morgan fingerprint density at radius 3 is 2.25 bits per heavy atom. The Hall–Kier alpha value is -1.39. The fourth-order valence-electron chi connectivity index (χ4n) is 2.19. The molecule has 0 spiro atoms. The van der Waals surface area contributed by atoms with Crippen LogP contribution in [0, 0.1) is 5.82 Å². The highest BCUT2D eigenvalue weighted by Crippen LogP contribution is 2.31. The van der Waals surface area contributed by atoms with E-state index in [4.69, 9.17) is 5.73 Å². The molecule has 2 aromatic carbocycles. The fraction of sp³-hybridized carbons (Fsp3) is 0.250. The Bertz CT molecular complexity index is 582. The second kappa shape index (κ2) is 6.37. The van der Waals surface area contributed by atoms with Gasteiger partial charge in [-0.15, -0.1) is 0 Å². The van der Waals surface area contributed by atoms with Crippen molar-refractivity contribution in [1.82, 2.24) is 0 Å². The van der Waals surface area contributed by atoms with E-state index in [-0.39, 0.29) is 11.9 Å². The Labute approximate surface area is 127 Å². The zero-order chi connectivity index (χ0) is 14.7. The van der Waals surface area contributed by atoms with Gasteiger partial charge in [0.1, 0.15) is 5.82 Å². The summed E-state index contributed by atoms with van der Waals surface area (Å²) in [7, 11) is 0. The highest BCUT2D eigenvalue weighted by Gasteiger charge is 2.11. The molecular formula is C16H18BrFN2. The lowest BCUT2D eigenvalue weighted by Crippen LogP contribution is -2.16. The number of hydrogen-bond acceptors (Lipinski definition) is 2. The molecule has 0 aromatic heterocycles. The predicted molar refractivity (Wildman–Crippen MR) is 85.8 cm³/mol. The van der Waals surface area contributed by atoms with Gasteiger partial charge in [0.2, 0.25) is 0 Å². The van der Waals surface area contributed by atoms with Gasteiger partial charge >= 0.3 is 0 Å². The van der Waals surface area contributed by atoms with Crippen molar-refractivity contribution in [1.29, 1.82) is 0 Å². The molecule has 0 aliphatic carbocycles. The van der Waals surface area contributed by atoms with Crippen LogP contribution in [-0.4, -0.2) is 6.54 Å². The molecule has 0 aliphatic heterocycles. The fourth-order valence-corrected chi connectivity index (χ4v) is 2.92. The number of rotatable bonds is 4. The number of benzene rings is 2. The van der Waals surface area contributed by atoms with Crippen molar-refractivity contribution in [3.8, 4) is 0 Å². The van der Waals surface area contributed by atoms with Gasteiger partial charge in [0.15, 0.2) is 0 Å². The van der Waals surface area contributed by atoms with Gasteiger partial charge in [-0.1, -0.05) is 22.0 Å². The normalized spacial score (nSPS) is 12.2. The van der Waals surface area contributed by atoms with E-state index in [1.54, 1.807) is 12.1 Å². The summed E-state index contributed by atoms with van der Waals surface area (Å²) < 4.78 is 14.0. The van der Waals surface area contributed by atoms with Crippen LogP contribution in [0.1, 0.15) is 25.5 Å². The number of hydrogen-bond donors (Lipinski definition) is 1. The van der Waals surface area contributed by atoms with E-state index in [9.17, 15) is 4.39 Å². The quantitative estimate of drug-likeness (QED) is 0.871. The maximum Gasteiger partial charge on any atom is 0.123 e. The third-order valence-electron chi connectivity index (χ3n) is 3.24. The standard InChI is InChI=1S/C16H18BrFN2/c1-3-20(13-6-4-12(18)5-7-13)14-8-9-15(11(2)19)16(17)10-14/h4-11H,3,19H2,1-2H3/t11-/m1/s1. The average molecular weight is 337 g/mol. The number of halogens is 2. The first-order chi connectivity index (χ1) is 9.52. The van der Waals surface area contributed by atoms with Gasteiger partial charge in [-0.25, -0.2) is 4.39 Å². The van der Waals surface area contributed by atoms with Crippen molar-refractivity contribution in [3.63, 3.8) is 0 Å². The lowest BCUT2D eigenvalue weighted by molar-refractivity contribution is 0.628. The van der Waals surface area contributed by atoms with Crippen molar-refractivity contribution in [2.75, 3.05) is 11.4 Å². The summed E-state index contributed by atoms with van der Waals surface area (Å²) in [6, 6.07) is 12.6. The monoisotopic (exact) mass is 336 g/mol. The molecule has 2 nitrogen and oxygen atoms in total. The number of nitrogens with zero attached hydrogens (tertiary/aromatic N) is 1. The second-order valence-corrected chi connectivity index (χ2v) is 5.57. The third-order valence-corrected chi connectivity index (χ3v) is 3.93. The van der Waals surface area contributed by atoms with Crippen molar-refractivity contribution in [3.05, 3.63) is 58.3 Å². The van der Waals surface area contributed by atoms with E-state index in [2.05, 4.69) is 27.8 Å². The minimum atomic E-state index is -0.224. The van der Waals surface area contributed by atoms with E-state index >= 15 is 0 Å². The van der Waals surface area contributed by atoms with Gasteiger partial charge < -0.3 is 10.6 Å². The topological polar surface area (TPSA) is 29.3 Å². The van der Waals surface area contributed by atoms with Crippen molar-refractivity contribution < 1.29 is 4.39 Å². The SMILES string of the molecule is CCN(c1ccc(F)cc1)c1ccc([C@@H](C)N)c(Br)c1. The predicted octanol–water partition coefficient (Wildman–Crippen LogP) is 4.77. The van der Waals surface area contributed by atoms with Crippen LogP contribution in [0.15, 0.2) is 46.9 Å². The van der Waals surface area contributed by atoms with Crippen molar-refractivity contribution >= 4 is 27.3 Å². The molecule has 20 heavy (non-hydrogen) atoms. The molecule has 0 radical (unpaired) electrons. The Balaban J connectivity index is 2.37. The third kappa shape index (κ3) is 3.19. The largest absolute Gasteiger partial charge is 0.342 e. The van der Waals surface area contributed by atoms with Crippen LogP contribution in [-0.2, 0) is 0 Å². The molecule has 0 aliphatic rings. The first kappa shape index (κ1) is 15.0. The molecule has 0 saturated heterocycles. The highest BCUT2D eigenvalue weighted by molar-refractivity contribution is 9.10. The van der Waals surface area contributed by atoms with Gasteiger partial charge in [0.25, 0.3) is 0 Å². The summed E-state index contributed by atoms with van der Waals surface area (Å²) in [6.07, 6.45) is 0. The molecule has 0 saturated carbocycles. The minimum Gasteiger partial charge on any atom is -0.342 e. The molecule has 0 unspecified atom stereocenters. The maximum atomic E-state index is 13.0. The van der Waals surface area contributed by atoms with E-state index in [0.717, 1.165) is 28.0 Å². The summed E-state index contributed by atoms with van der Waals surface area (Å²) in [5.74, 6) is -0.224. The molecule has 1 atom stereocenters. The smallest absolute Gasteiger partial charge is 0.123 e. The molecule has 2 rings (SSSR count). The van der Waals surface area contributed by atoms with E-state index in [1.807, 2.05) is 25.1 Å². The molecular weight excluding hydrogens is 319 g/mol. The Kier molecular flexibility index (Phi) is 4.78. The molecule has 0 fully saturated rings. The number of nitrogens with two attached hydrogens (primary N) is 1. The van der Waals surface area contributed by atoms with Crippen LogP contribution >= 0.6 is 15.9 Å². The first-order valence-corrected chi connectivity index (χ1v) is 7.40. The summed E-state index contributed by atoms with van der Waals surface area (Å²) in [6.45, 7) is 4.82. The molecule has 0 heterocycles. The zero-order valence-corrected chi connectivity index (χ0v) is 13.2. The summed E-state index contributed by atoms with van der Waals surface area (Å²) in [5, 5.41) is 0. The lowest BCUT2D eigenvalue weighted by Gasteiger charge is -2.24. The van der Waals surface area contributed by atoms with E-state index in [1.165, 1.54) is 12.1 Å². The molecule has 0 bridgehead atoms. The first-order valence-electron chi connectivity index (χ1n) is 6.61. The summed E-state index contributed by atoms with van der Waals surface area (Å²) in [5.41, 5.74) is 9.01. The van der Waals surface area contributed by atoms with Crippen molar-refractivity contribution in [2.24, 2.45) is 5.73 Å². The average Bonchev–Trinajstić information content (AvgIpc) is 2.41. The molecule has 0 amide bonds. The van der Waals surface area contributed by atoms with Gasteiger partial charge in [-0.2, -0.15) is 0 Å².